The molecule has 0 aromatic carbocycles. The topological polar surface area (TPSA) is 88.8 Å². The maximum absolute atomic E-state index is 12.8. The first-order chi connectivity index (χ1) is 13.5. The second-order valence-corrected chi connectivity index (χ2v) is 6.59. The highest BCUT2D eigenvalue weighted by Gasteiger charge is 2.21. The molecule has 9 heteroatoms. The first-order valence-electron chi connectivity index (χ1n) is 8.87. The highest BCUT2D eigenvalue weighted by molar-refractivity contribution is 6.05. The molecule has 3 aromatic rings. The van der Waals surface area contributed by atoms with Gasteiger partial charge in [-0.1, -0.05) is 6.07 Å². The molecule has 1 fully saturated rings. The van der Waals surface area contributed by atoms with E-state index in [-0.39, 0.29) is 23.0 Å². The second-order valence-electron chi connectivity index (χ2n) is 6.59. The fourth-order valence-corrected chi connectivity index (χ4v) is 3.23. The van der Waals surface area contributed by atoms with Crippen molar-refractivity contribution in [1.82, 2.24) is 14.4 Å². The minimum Gasteiger partial charge on any atom is -0.507 e. The number of hydrogen-bond donors (Lipinski definition) is 2. The molecule has 28 heavy (non-hydrogen) atoms. The van der Waals surface area contributed by atoms with Gasteiger partial charge in [-0.25, -0.2) is 18.7 Å². The van der Waals surface area contributed by atoms with Gasteiger partial charge in [-0.15, -0.1) is 0 Å². The van der Waals surface area contributed by atoms with Crippen molar-refractivity contribution in [3.8, 4) is 5.75 Å². The zero-order valence-electron chi connectivity index (χ0n) is 14.8. The van der Waals surface area contributed by atoms with E-state index in [1.807, 2.05) is 6.20 Å². The fourth-order valence-electron chi connectivity index (χ4n) is 3.23. The van der Waals surface area contributed by atoms with Gasteiger partial charge in [0.2, 0.25) is 0 Å². The number of aromatic hydroxyl groups is 1. The zero-order valence-corrected chi connectivity index (χ0v) is 14.8. The minimum absolute atomic E-state index is 0.00678. The molecule has 146 valence electrons. The van der Waals surface area contributed by atoms with Crippen LogP contribution in [0.5, 0.6) is 5.75 Å². The molecule has 0 unspecified atom stereocenters. The third-order valence-electron chi connectivity index (χ3n) is 4.71. The number of anilines is 1. The minimum atomic E-state index is -2.74. The number of ether oxygens (including phenoxy) is 1. The zero-order chi connectivity index (χ0) is 19.7. The summed E-state index contributed by atoms with van der Waals surface area (Å²) in [6.07, 6.45) is 2.30. The van der Waals surface area contributed by atoms with Crippen LogP contribution in [0.4, 0.5) is 14.6 Å². The Labute approximate surface area is 159 Å². The van der Waals surface area contributed by atoms with Crippen molar-refractivity contribution in [3.63, 3.8) is 0 Å². The molecule has 3 aromatic heterocycles. The van der Waals surface area contributed by atoms with Crippen molar-refractivity contribution in [3.05, 3.63) is 53.6 Å². The number of pyridine rings is 2. The lowest BCUT2D eigenvalue weighted by molar-refractivity contribution is 0.0846. The Hall–Kier alpha value is -3.07. The number of imidazole rings is 1. The van der Waals surface area contributed by atoms with Gasteiger partial charge in [0.05, 0.1) is 11.3 Å². The summed E-state index contributed by atoms with van der Waals surface area (Å²) >= 11 is 0. The maximum Gasteiger partial charge on any atom is 0.280 e. The van der Waals surface area contributed by atoms with Crippen molar-refractivity contribution in [2.24, 2.45) is 0 Å². The lowest BCUT2D eigenvalue weighted by Gasteiger charge is -2.19. The number of alkyl halides is 2. The van der Waals surface area contributed by atoms with Crippen LogP contribution in [0.3, 0.4) is 0 Å². The summed E-state index contributed by atoms with van der Waals surface area (Å²) in [4.78, 5) is 20.8. The highest BCUT2D eigenvalue weighted by atomic mass is 19.3. The van der Waals surface area contributed by atoms with Crippen molar-refractivity contribution >= 4 is 17.4 Å². The number of nitrogens with zero attached hydrogens (tertiary/aromatic N) is 3. The van der Waals surface area contributed by atoms with E-state index >= 15 is 0 Å². The summed E-state index contributed by atoms with van der Waals surface area (Å²) in [6.45, 7) is 1.37. The quantitative estimate of drug-likeness (QED) is 0.714. The van der Waals surface area contributed by atoms with Gasteiger partial charge in [0, 0.05) is 37.6 Å². The Morgan fingerprint density at radius 3 is 2.79 bits per heavy atom. The molecule has 2 N–H and O–H groups in total. The van der Waals surface area contributed by atoms with Crippen LogP contribution in [-0.4, -0.2) is 38.6 Å². The predicted molar refractivity (Wildman–Crippen MR) is 96.8 cm³/mol. The molecule has 0 atom stereocenters. The molecule has 1 aliphatic rings. The van der Waals surface area contributed by atoms with E-state index in [1.165, 1.54) is 30.5 Å². The molecule has 4 rings (SSSR count). The van der Waals surface area contributed by atoms with Gasteiger partial charge in [-0.2, -0.15) is 0 Å². The molecule has 0 aliphatic carbocycles. The molecule has 4 heterocycles. The maximum atomic E-state index is 12.8. The fraction of sp³-hybridized carbons (Fsp3) is 0.316. The number of halogens is 2. The summed E-state index contributed by atoms with van der Waals surface area (Å²) in [5, 5.41) is 12.7. The number of aromatic nitrogens is 3. The van der Waals surface area contributed by atoms with Gasteiger partial charge >= 0.3 is 0 Å². The predicted octanol–water partition coefficient (Wildman–Crippen LogP) is 3.52. The molecule has 0 spiro atoms. The van der Waals surface area contributed by atoms with E-state index < -0.39 is 18.0 Å². The van der Waals surface area contributed by atoms with Crippen molar-refractivity contribution in [2.75, 3.05) is 18.5 Å². The Kier molecular flexibility index (Phi) is 4.91. The summed E-state index contributed by atoms with van der Waals surface area (Å²) in [5.41, 5.74) is 0.959. The van der Waals surface area contributed by atoms with Crippen molar-refractivity contribution in [2.45, 2.75) is 25.2 Å². The van der Waals surface area contributed by atoms with E-state index in [2.05, 4.69) is 15.3 Å². The Morgan fingerprint density at radius 2 is 2.04 bits per heavy atom. The Morgan fingerprint density at radius 1 is 1.25 bits per heavy atom. The smallest absolute Gasteiger partial charge is 0.280 e. The normalized spacial score (nSPS) is 15.2. The molecule has 7 nitrogen and oxygen atoms in total. The first-order valence-corrected chi connectivity index (χ1v) is 8.87. The second kappa shape index (κ2) is 7.51. The number of amides is 1. The summed E-state index contributed by atoms with van der Waals surface area (Å²) < 4.78 is 32.6. The Bertz CT molecular complexity index is 1020. The standard InChI is InChI=1S/C19H18F2N4O3/c20-18(21)13-2-1-3-16(22-13)24-19(27)12-9-25-10-14(11-4-6-28-7-5-11)23-17(25)8-15(12)26/h1-3,8-11,18,26H,4-7H2,(H,22,24,27). The third-order valence-corrected chi connectivity index (χ3v) is 4.71. The summed E-state index contributed by atoms with van der Waals surface area (Å²) in [5.74, 6) is -0.649. The lowest BCUT2D eigenvalue weighted by Crippen LogP contribution is -2.14. The molecule has 1 aliphatic heterocycles. The van der Waals surface area contributed by atoms with Crippen LogP contribution in [0.2, 0.25) is 0 Å². The van der Waals surface area contributed by atoms with Crippen LogP contribution >= 0.6 is 0 Å². The number of carbonyl (C=O) groups excluding carboxylic acids is 1. The summed E-state index contributed by atoms with van der Waals surface area (Å²) in [6, 6.07) is 5.36. The number of fused-ring (bicyclic) bond motifs is 1. The van der Waals surface area contributed by atoms with Gasteiger partial charge < -0.3 is 19.6 Å². The molecule has 0 radical (unpaired) electrons. The molecular weight excluding hydrogens is 370 g/mol. The SMILES string of the molecule is O=C(Nc1cccc(C(F)F)n1)c1cn2cc(C3CCOCC3)nc2cc1O. The van der Waals surface area contributed by atoms with Crippen LogP contribution < -0.4 is 5.32 Å². The first kappa shape index (κ1) is 18.3. The van der Waals surface area contributed by atoms with Crippen LogP contribution in [0.25, 0.3) is 5.65 Å². The van der Waals surface area contributed by atoms with Crippen LogP contribution in [0.1, 0.15) is 46.9 Å². The van der Waals surface area contributed by atoms with E-state index in [0.717, 1.165) is 18.5 Å². The molecular formula is C19H18F2N4O3. The largest absolute Gasteiger partial charge is 0.507 e. The van der Waals surface area contributed by atoms with Gasteiger partial charge in [-0.3, -0.25) is 4.79 Å². The third kappa shape index (κ3) is 3.65. The monoisotopic (exact) mass is 388 g/mol. The lowest BCUT2D eigenvalue weighted by atomic mass is 9.97. The number of nitrogens with one attached hydrogen (secondary N) is 1. The van der Waals surface area contributed by atoms with E-state index in [0.29, 0.717) is 18.9 Å². The average Bonchev–Trinajstić information content (AvgIpc) is 3.11. The van der Waals surface area contributed by atoms with E-state index in [4.69, 9.17) is 4.74 Å². The highest BCUT2D eigenvalue weighted by Crippen LogP contribution is 2.28. The van der Waals surface area contributed by atoms with Gasteiger partial charge in [-0.05, 0) is 25.0 Å². The van der Waals surface area contributed by atoms with Crippen molar-refractivity contribution in [1.29, 1.82) is 0 Å². The summed E-state index contributed by atoms with van der Waals surface area (Å²) in [7, 11) is 0. The van der Waals surface area contributed by atoms with E-state index in [1.54, 1.807) is 4.40 Å². The van der Waals surface area contributed by atoms with E-state index in [9.17, 15) is 18.7 Å². The number of hydrogen-bond acceptors (Lipinski definition) is 5. The van der Waals surface area contributed by atoms with Crippen molar-refractivity contribution < 1.29 is 23.4 Å². The van der Waals surface area contributed by atoms with Crippen LogP contribution in [-0.2, 0) is 4.74 Å². The van der Waals surface area contributed by atoms with Gasteiger partial charge in [0.15, 0.2) is 0 Å². The molecule has 1 amide bonds. The molecule has 0 bridgehead atoms. The average molecular weight is 388 g/mol. The van der Waals surface area contributed by atoms with Gasteiger partial charge in [0.1, 0.15) is 22.9 Å². The molecule has 0 saturated carbocycles. The number of carbonyl (C=O) groups is 1. The molecule has 1 saturated heterocycles. The Balaban J connectivity index is 1.59. The van der Waals surface area contributed by atoms with Crippen LogP contribution in [0, 0.1) is 0 Å². The van der Waals surface area contributed by atoms with Gasteiger partial charge in [0.25, 0.3) is 12.3 Å². The van der Waals surface area contributed by atoms with Crippen LogP contribution in [0.15, 0.2) is 36.7 Å². The number of rotatable bonds is 4.